The van der Waals surface area contributed by atoms with Gasteiger partial charge in [-0.25, -0.2) is 0 Å². The predicted octanol–water partition coefficient (Wildman–Crippen LogP) is 2.18. The van der Waals surface area contributed by atoms with Gasteiger partial charge in [-0.1, -0.05) is 36.4 Å². The summed E-state index contributed by atoms with van der Waals surface area (Å²) in [5.41, 5.74) is 1.36. The lowest BCUT2D eigenvalue weighted by Crippen LogP contribution is -2.53. The first-order chi connectivity index (χ1) is 10.2. The molecule has 0 saturated carbocycles. The maximum atomic E-state index is 3.62. The van der Waals surface area contributed by atoms with Crippen molar-refractivity contribution in [3.05, 3.63) is 48.0 Å². The van der Waals surface area contributed by atoms with Gasteiger partial charge in [-0.3, -0.25) is 4.90 Å². The van der Waals surface area contributed by atoms with E-state index in [-0.39, 0.29) is 0 Å². The molecule has 0 aromatic heterocycles. The van der Waals surface area contributed by atoms with Gasteiger partial charge in [0.2, 0.25) is 0 Å². The van der Waals surface area contributed by atoms with Gasteiger partial charge in [0, 0.05) is 38.8 Å². The minimum atomic E-state index is 0.615. The highest BCUT2D eigenvalue weighted by molar-refractivity contribution is 5.82. The maximum Gasteiger partial charge on any atom is 0.0345 e. The molecular formula is C18H25N3. The van der Waals surface area contributed by atoms with Crippen LogP contribution >= 0.6 is 0 Å². The van der Waals surface area contributed by atoms with Crippen LogP contribution in [-0.4, -0.2) is 56.1 Å². The normalized spacial score (nSPS) is 21.0. The second kappa shape index (κ2) is 6.56. The van der Waals surface area contributed by atoms with E-state index in [0.717, 1.165) is 19.6 Å². The average molecular weight is 283 g/mol. The molecule has 0 radical (unpaired) electrons. The van der Waals surface area contributed by atoms with Gasteiger partial charge in [0.25, 0.3) is 0 Å². The number of hydrogen-bond acceptors (Lipinski definition) is 3. The van der Waals surface area contributed by atoms with E-state index in [1.807, 2.05) is 0 Å². The molecule has 0 bridgehead atoms. The van der Waals surface area contributed by atoms with Gasteiger partial charge in [-0.2, -0.15) is 0 Å². The molecule has 1 aliphatic rings. The van der Waals surface area contributed by atoms with Gasteiger partial charge in [0.05, 0.1) is 0 Å². The van der Waals surface area contributed by atoms with Crippen LogP contribution in [0.2, 0.25) is 0 Å². The number of likely N-dealkylation sites (N-methyl/N-ethyl adjacent to an activating group) is 2. The standard InChI is InChI=1S/C18H25N3/c1-20-9-10-21(2)18(14-20)13-19-12-15-7-8-16-5-3-4-6-17(16)11-15/h3-8,11,18-19H,9-10,12-14H2,1-2H3. The first kappa shape index (κ1) is 14.5. The Bertz CT molecular complexity index is 596. The largest absolute Gasteiger partial charge is 0.311 e. The van der Waals surface area contributed by atoms with Crippen molar-refractivity contribution in [1.29, 1.82) is 0 Å². The van der Waals surface area contributed by atoms with Crippen LogP contribution in [0.25, 0.3) is 10.8 Å². The van der Waals surface area contributed by atoms with Crippen molar-refractivity contribution in [2.45, 2.75) is 12.6 Å². The molecule has 0 spiro atoms. The molecule has 2 aromatic rings. The summed E-state index contributed by atoms with van der Waals surface area (Å²) >= 11 is 0. The van der Waals surface area contributed by atoms with E-state index < -0.39 is 0 Å². The van der Waals surface area contributed by atoms with E-state index in [0.29, 0.717) is 6.04 Å². The molecule has 0 amide bonds. The molecular weight excluding hydrogens is 258 g/mol. The fraction of sp³-hybridized carbons (Fsp3) is 0.444. The lowest BCUT2D eigenvalue weighted by atomic mass is 10.1. The minimum absolute atomic E-state index is 0.615. The summed E-state index contributed by atoms with van der Waals surface area (Å²) in [6.45, 7) is 5.49. The number of piperazine rings is 1. The first-order valence-corrected chi connectivity index (χ1v) is 7.79. The maximum absolute atomic E-state index is 3.62. The molecule has 1 atom stereocenters. The topological polar surface area (TPSA) is 18.5 Å². The second-order valence-electron chi connectivity index (χ2n) is 6.21. The SMILES string of the molecule is CN1CCN(C)C(CNCc2ccc3ccccc3c2)C1. The summed E-state index contributed by atoms with van der Waals surface area (Å²) in [4.78, 5) is 4.88. The summed E-state index contributed by atoms with van der Waals surface area (Å²) in [7, 11) is 4.44. The zero-order valence-corrected chi connectivity index (χ0v) is 13.0. The van der Waals surface area contributed by atoms with Gasteiger partial charge >= 0.3 is 0 Å². The summed E-state index contributed by atoms with van der Waals surface area (Å²) in [6, 6.07) is 15.9. The number of rotatable bonds is 4. The Labute approximate surface area is 127 Å². The van der Waals surface area contributed by atoms with Crippen molar-refractivity contribution in [3.8, 4) is 0 Å². The highest BCUT2D eigenvalue weighted by atomic mass is 15.3. The molecule has 1 heterocycles. The van der Waals surface area contributed by atoms with Crippen molar-refractivity contribution in [2.75, 3.05) is 40.3 Å². The van der Waals surface area contributed by atoms with Gasteiger partial charge < -0.3 is 10.2 Å². The zero-order valence-electron chi connectivity index (χ0n) is 13.0. The van der Waals surface area contributed by atoms with Crippen molar-refractivity contribution in [2.24, 2.45) is 0 Å². The molecule has 3 nitrogen and oxygen atoms in total. The van der Waals surface area contributed by atoms with Crippen LogP contribution < -0.4 is 5.32 Å². The van der Waals surface area contributed by atoms with E-state index in [1.165, 1.54) is 29.4 Å². The second-order valence-corrected chi connectivity index (χ2v) is 6.21. The van der Waals surface area contributed by atoms with E-state index in [4.69, 9.17) is 0 Å². The molecule has 1 saturated heterocycles. The number of fused-ring (bicyclic) bond motifs is 1. The predicted molar refractivity (Wildman–Crippen MR) is 89.6 cm³/mol. The molecule has 1 N–H and O–H groups in total. The van der Waals surface area contributed by atoms with E-state index in [1.54, 1.807) is 0 Å². The molecule has 1 fully saturated rings. The Morgan fingerprint density at radius 1 is 1.05 bits per heavy atom. The quantitative estimate of drug-likeness (QED) is 0.928. The van der Waals surface area contributed by atoms with Gasteiger partial charge in [-0.15, -0.1) is 0 Å². The molecule has 112 valence electrons. The summed E-state index contributed by atoms with van der Waals surface area (Å²) in [5, 5.41) is 6.26. The van der Waals surface area contributed by atoms with Crippen molar-refractivity contribution in [1.82, 2.24) is 15.1 Å². The zero-order chi connectivity index (χ0) is 14.7. The molecule has 21 heavy (non-hydrogen) atoms. The smallest absolute Gasteiger partial charge is 0.0345 e. The van der Waals surface area contributed by atoms with Crippen LogP contribution in [0.4, 0.5) is 0 Å². The Hall–Kier alpha value is -1.42. The number of nitrogens with zero attached hydrogens (tertiary/aromatic N) is 2. The number of nitrogens with one attached hydrogen (secondary N) is 1. The molecule has 1 aliphatic heterocycles. The highest BCUT2D eigenvalue weighted by Crippen LogP contribution is 2.15. The van der Waals surface area contributed by atoms with Crippen LogP contribution in [0.1, 0.15) is 5.56 Å². The van der Waals surface area contributed by atoms with Crippen LogP contribution in [-0.2, 0) is 6.54 Å². The summed E-state index contributed by atoms with van der Waals surface area (Å²) in [5.74, 6) is 0. The van der Waals surface area contributed by atoms with Crippen molar-refractivity contribution in [3.63, 3.8) is 0 Å². The lowest BCUT2D eigenvalue weighted by Gasteiger charge is -2.37. The first-order valence-electron chi connectivity index (χ1n) is 7.79. The van der Waals surface area contributed by atoms with E-state index in [9.17, 15) is 0 Å². The van der Waals surface area contributed by atoms with Crippen LogP contribution in [0, 0.1) is 0 Å². The molecule has 3 rings (SSSR count). The third-order valence-corrected chi connectivity index (χ3v) is 4.50. The average Bonchev–Trinajstić information content (AvgIpc) is 2.50. The fourth-order valence-electron chi connectivity index (χ4n) is 3.05. The fourth-order valence-corrected chi connectivity index (χ4v) is 3.05. The van der Waals surface area contributed by atoms with Crippen molar-refractivity contribution < 1.29 is 0 Å². The summed E-state index contributed by atoms with van der Waals surface area (Å²) in [6.07, 6.45) is 0. The lowest BCUT2D eigenvalue weighted by molar-refractivity contribution is 0.113. The van der Waals surface area contributed by atoms with Crippen LogP contribution in [0.3, 0.4) is 0 Å². The number of benzene rings is 2. The summed E-state index contributed by atoms with van der Waals surface area (Å²) < 4.78 is 0. The van der Waals surface area contributed by atoms with Crippen molar-refractivity contribution >= 4 is 10.8 Å². The molecule has 2 aromatic carbocycles. The Morgan fingerprint density at radius 2 is 1.86 bits per heavy atom. The van der Waals surface area contributed by atoms with E-state index in [2.05, 4.69) is 71.7 Å². The minimum Gasteiger partial charge on any atom is -0.311 e. The number of hydrogen-bond donors (Lipinski definition) is 1. The Morgan fingerprint density at radius 3 is 2.71 bits per heavy atom. The Balaban J connectivity index is 1.56. The van der Waals surface area contributed by atoms with Crippen LogP contribution in [0.5, 0.6) is 0 Å². The third kappa shape index (κ3) is 3.62. The van der Waals surface area contributed by atoms with Gasteiger partial charge in [0.15, 0.2) is 0 Å². The van der Waals surface area contributed by atoms with Gasteiger partial charge in [0.1, 0.15) is 0 Å². The Kier molecular flexibility index (Phi) is 4.54. The molecule has 1 unspecified atom stereocenters. The highest BCUT2D eigenvalue weighted by Gasteiger charge is 2.21. The monoisotopic (exact) mass is 283 g/mol. The third-order valence-electron chi connectivity index (χ3n) is 4.50. The van der Waals surface area contributed by atoms with Crippen LogP contribution in [0.15, 0.2) is 42.5 Å². The molecule has 3 heteroatoms. The van der Waals surface area contributed by atoms with Gasteiger partial charge in [-0.05, 0) is 36.5 Å². The van der Waals surface area contributed by atoms with E-state index >= 15 is 0 Å². The molecule has 0 aliphatic carbocycles.